The van der Waals surface area contributed by atoms with Crippen molar-refractivity contribution in [2.75, 3.05) is 0 Å². The highest BCUT2D eigenvalue weighted by molar-refractivity contribution is 6.36. The Labute approximate surface area is 265 Å². The second-order valence-corrected chi connectivity index (χ2v) is 12.1. The summed E-state index contributed by atoms with van der Waals surface area (Å²) in [5, 5.41) is 13.0. The van der Waals surface area contributed by atoms with Crippen LogP contribution in [0.4, 0.5) is 0 Å². The van der Waals surface area contributed by atoms with Crippen LogP contribution in [0.1, 0.15) is 101 Å². The Hall–Kier alpha value is -2.44. The Bertz CT molecular complexity index is 1220. The third kappa shape index (κ3) is 13.4. The zero-order valence-corrected chi connectivity index (χ0v) is 28.0. The molecule has 0 aromatic carbocycles. The minimum absolute atomic E-state index is 0.228. The molecule has 0 amide bonds. The van der Waals surface area contributed by atoms with Gasteiger partial charge in [0.25, 0.3) is 0 Å². The van der Waals surface area contributed by atoms with Gasteiger partial charge in [-0.15, -0.1) is 0 Å². The summed E-state index contributed by atoms with van der Waals surface area (Å²) >= 11 is 23.4. The van der Waals surface area contributed by atoms with Crippen LogP contribution in [0.2, 0.25) is 20.1 Å². The molecule has 0 unspecified atom stereocenters. The highest BCUT2D eigenvalue weighted by Crippen LogP contribution is 2.30. The maximum atomic E-state index is 10.8. The Kier molecular flexibility index (Phi) is 16.9. The fourth-order valence-electron chi connectivity index (χ4n) is 3.50. The predicted molar refractivity (Wildman–Crippen MR) is 175 cm³/mol. The fraction of sp³-hybridized carbons (Fsp3) is 0.375. The summed E-state index contributed by atoms with van der Waals surface area (Å²) in [6.07, 6.45) is 13.2. The van der Waals surface area contributed by atoms with E-state index in [1.54, 1.807) is 18.6 Å². The molecule has 0 aliphatic rings. The summed E-state index contributed by atoms with van der Waals surface area (Å²) in [5.74, 6) is 1.79. The Morgan fingerprint density at radius 1 is 0.537 bits per heavy atom. The van der Waals surface area contributed by atoms with Crippen molar-refractivity contribution in [1.29, 1.82) is 0 Å². The van der Waals surface area contributed by atoms with E-state index in [0.29, 0.717) is 42.6 Å². The van der Waals surface area contributed by atoms with E-state index >= 15 is 0 Å². The first-order valence-electron chi connectivity index (χ1n) is 13.4. The standard InChI is InChI=1S/C8H9Cl2NO.C8H9Cl2N.2C8H11N/c1-5(2)8-6(9)3-11(12)4-7(8)10;1-5(2)8-6(9)3-11-4-7(8)10;1-7(2)8-3-5-9-6-4-8;1-7(2)8-4-3-5-9-6-8/h3-5H,1-2H3;3-5H,1-2H3;2*3-7H,1-2H3. The number of hydrogen-bond donors (Lipinski definition) is 0. The normalized spacial score (nSPS) is 10.4. The molecule has 0 aliphatic heterocycles. The Morgan fingerprint density at radius 3 is 1.32 bits per heavy atom. The topological polar surface area (TPSA) is 65.6 Å². The molecule has 0 saturated carbocycles. The van der Waals surface area contributed by atoms with Crippen LogP contribution in [0, 0.1) is 5.21 Å². The van der Waals surface area contributed by atoms with Crippen LogP contribution in [0.25, 0.3) is 0 Å². The van der Waals surface area contributed by atoms with Crippen molar-refractivity contribution in [3.63, 3.8) is 0 Å². The van der Waals surface area contributed by atoms with Crippen LogP contribution in [0.5, 0.6) is 0 Å². The summed E-state index contributed by atoms with van der Waals surface area (Å²) < 4.78 is 0.608. The van der Waals surface area contributed by atoms with Gasteiger partial charge in [-0.25, -0.2) is 0 Å². The van der Waals surface area contributed by atoms with Gasteiger partial charge in [0.05, 0.1) is 10.0 Å². The maximum absolute atomic E-state index is 10.8. The predicted octanol–water partition coefficient (Wildman–Crippen LogP) is 10.7. The third-order valence-corrected chi connectivity index (χ3v) is 6.97. The van der Waals surface area contributed by atoms with Gasteiger partial charge in [0.15, 0.2) is 12.4 Å². The van der Waals surface area contributed by atoms with Crippen molar-refractivity contribution in [2.45, 2.75) is 79.1 Å². The minimum Gasteiger partial charge on any atom is -0.619 e. The van der Waals surface area contributed by atoms with Crippen LogP contribution in [-0.4, -0.2) is 15.0 Å². The van der Waals surface area contributed by atoms with Crippen molar-refractivity contribution in [1.82, 2.24) is 15.0 Å². The highest BCUT2D eigenvalue weighted by Gasteiger charge is 2.13. The van der Waals surface area contributed by atoms with E-state index in [1.807, 2.05) is 64.5 Å². The third-order valence-electron chi connectivity index (χ3n) is 5.76. The molecule has 0 spiro atoms. The van der Waals surface area contributed by atoms with Crippen LogP contribution in [0.3, 0.4) is 0 Å². The summed E-state index contributed by atoms with van der Waals surface area (Å²) in [7, 11) is 0. The molecule has 0 aliphatic carbocycles. The fourth-order valence-corrected chi connectivity index (χ4v) is 5.19. The zero-order valence-electron chi connectivity index (χ0n) is 24.9. The van der Waals surface area contributed by atoms with Crippen LogP contribution in [-0.2, 0) is 0 Å². The molecule has 41 heavy (non-hydrogen) atoms. The van der Waals surface area contributed by atoms with Crippen LogP contribution in [0.15, 0.2) is 73.8 Å². The van der Waals surface area contributed by atoms with E-state index in [1.165, 1.54) is 23.5 Å². The molecular weight excluding hydrogens is 598 g/mol. The molecule has 0 atom stereocenters. The van der Waals surface area contributed by atoms with Crippen LogP contribution >= 0.6 is 46.4 Å². The second kappa shape index (κ2) is 18.9. The quantitative estimate of drug-likeness (QED) is 0.165. The van der Waals surface area contributed by atoms with Crippen molar-refractivity contribution >= 4 is 46.4 Å². The maximum Gasteiger partial charge on any atom is 0.199 e. The van der Waals surface area contributed by atoms with E-state index in [9.17, 15) is 5.21 Å². The van der Waals surface area contributed by atoms with Gasteiger partial charge in [0.1, 0.15) is 10.0 Å². The van der Waals surface area contributed by atoms with Gasteiger partial charge in [0, 0.05) is 42.7 Å². The molecule has 0 fully saturated rings. The molecule has 0 N–H and O–H groups in total. The number of pyridine rings is 4. The lowest BCUT2D eigenvalue weighted by molar-refractivity contribution is -0.605. The van der Waals surface area contributed by atoms with Crippen molar-refractivity contribution in [2.24, 2.45) is 0 Å². The molecule has 0 radical (unpaired) electrons. The molecule has 5 nitrogen and oxygen atoms in total. The van der Waals surface area contributed by atoms with E-state index in [-0.39, 0.29) is 5.92 Å². The average molecular weight is 639 g/mol. The SMILES string of the molecule is CC(C)c1c(Cl)c[n+]([O-])cc1Cl.CC(C)c1c(Cl)cncc1Cl.CC(C)c1cccnc1.CC(C)c1ccncc1. The monoisotopic (exact) mass is 636 g/mol. The average Bonchev–Trinajstić information content (AvgIpc) is 2.90. The number of halogens is 4. The van der Waals surface area contributed by atoms with Crippen LogP contribution < -0.4 is 4.73 Å². The molecule has 0 saturated heterocycles. The van der Waals surface area contributed by atoms with E-state index < -0.39 is 0 Å². The molecule has 4 aromatic rings. The molecule has 4 heterocycles. The van der Waals surface area contributed by atoms with Gasteiger partial charge in [0.2, 0.25) is 0 Å². The summed E-state index contributed by atoms with van der Waals surface area (Å²) in [4.78, 5) is 11.8. The second-order valence-electron chi connectivity index (χ2n) is 10.4. The first kappa shape index (κ1) is 36.6. The number of rotatable bonds is 4. The van der Waals surface area contributed by atoms with Gasteiger partial charge < -0.3 is 5.21 Å². The smallest absolute Gasteiger partial charge is 0.199 e. The van der Waals surface area contributed by atoms with Crippen molar-refractivity contribution < 1.29 is 4.73 Å². The van der Waals surface area contributed by atoms with Gasteiger partial charge in [-0.1, -0.05) is 108 Å². The van der Waals surface area contributed by atoms with Gasteiger partial charge in [-0.3, -0.25) is 15.0 Å². The van der Waals surface area contributed by atoms with Crippen molar-refractivity contribution in [3.05, 3.63) is 121 Å². The van der Waals surface area contributed by atoms with E-state index in [2.05, 4.69) is 48.7 Å². The van der Waals surface area contributed by atoms with Gasteiger partial charge in [-0.2, -0.15) is 4.73 Å². The lowest BCUT2D eigenvalue weighted by Gasteiger charge is -2.08. The lowest BCUT2D eigenvalue weighted by Crippen LogP contribution is -2.25. The van der Waals surface area contributed by atoms with E-state index in [4.69, 9.17) is 46.4 Å². The van der Waals surface area contributed by atoms with E-state index in [0.717, 1.165) is 11.1 Å². The molecule has 9 heteroatoms. The number of nitrogens with zero attached hydrogens (tertiary/aromatic N) is 4. The lowest BCUT2D eigenvalue weighted by atomic mass is 10.1. The summed E-state index contributed by atoms with van der Waals surface area (Å²) in [5.41, 5.74) is 4.45. The van der Waals surface area contributed by atoms with Crippen molar-refractivity contribution in [3.8, 4) is 0 Å². The molecular formula is C32H40Cl4N4O. The van der Waals surface area contributed by atoms with Gasteiger partial charge in [-0.05, 0) is 58.6 Å². The number of hydrogen-bond acceptors (Lipinski definition) is 4. The molecule has 4 aromatic heterocycles. The minimum atomic E-state index is 0.228. The first-order valence-corrected chi connectivity index (χ1v) is 14.9. The summed E-state index contributed by atoms with van der Waals surface area (Å²) in [6.45, 7) is 16.7. The molecule has 222 valence electrons. The Balaban J connectivity index is 0.000000275. The largest absolute Gasteiger partial charge is 0.619 e. The Morgan fingerprint density at radius 2 is 1.00 bits per heavy atom. The summed E-state index contributed by atoms with van der Waals surface area (Å²) in [6, 6.07) is 8.16. The zero-order chi connectivity index (χ0) is 31.1. The first-order chi connectivity index (χ1) is 19.3. The molecule has 0 bridgehead atoms. The number of aromatic nitrogens is 4. The van der Waals surface area contributed by atoms with Gasteiger partial charge >= 0.3 is 0 Å². The highest BCUT2D eigenvalue weighted by atomic mass is 35.5. The molecule has 4 rings (SSSR count).